The molecule has 1 fully saturated rings. The molecular weight excluding hydrogens is 434 g/mol. The Kier molecular flexibility index (Phi) is 5.08. The van der Waals surface area contributed by atoms with E-state index in [1.54, 1.807) is 31.2 Å². The Morgan fingerprint density at radius 3 is 2.56 bits per heavy atom. The summed E-state index contributed by atoms with van der Waals surface area (Å²) in [6.07, 6.45) is 2.18. The molecule has 0 saturated carbocycles. The van der Waals surface area contributed by atoms with Crippen LogP contribution in [0.1, 0.15) is 43.2 Å². The lowest BCUT2D eigenvalue weighted by molar-refractivity contribution is 0.0425. The monoisotopic (exact) mass is 458 g/mol. The van der Waals surface area contributed by atoms with E-state index in [0.29, 0.717) is 30.3 Å². The Hall–Kier alpha value is -2.74. The topological polar surface area (TPSA) is 59.0 Å². The number of halogens is 2. The summed E-state index contributed by atoms with van der Waals surface area (Å²) in [5, 5.41) is 0. The normalized spacial score (nSPS) is 22.3. The summed E-state index contributed by atoms with van der Waals surface area (Å²) in [7, 11) is -3.41. The molecule has 0 N–H and O–H groups in total. The molecule has 1 atom stereocenters. The molecule has 0 radical (unpaired) electrons. The van der Waals surface area contributed by atoms with Gasteiger partial charge in [-0.2, -0.15) is 8.78 Å². The third kappa shape index (κ3) is 4.03. The van der Waals surface area contributed by atoms with Gasteiger partial charge < -0.3 is 9.64 Å². The quantitative estimate of drug-likeness (QED) is 0.577. The lowest BCUT2D eigenvalue weighted by Gasteiger charge is -2.37. The Morgan fingerprint density at radius 1 is 1.09 bits per heavy atom. The number of allylic oxidation sites excluding steroid dienone is 2. The van der Waals surface area contributed by atoms with E-state index in [2.05, 4.69) is 9.30 Å². The number of nitrogens with zero attached hydrogens (tertiary/aromatic N) is 2. The maximum Gasteiger partial charge on any atom is 0.295 e. The van der Waals surface area contributed by atoms with E-state index in [1.165, 1.54) is 12.1 Å². The lowest BCUT2D eigenvalue weighted by atomic mass is 9.89. The van der Waals surface area contributed by atoms with Gasteiger partial charge in [0.05, 0.1) is 5.75 Å². The first-order valence-corrected chi connectivity index (χ1v) is 12.4. The van der Waals surface area contributed by atoms with Crippen LogP contribution in [0.5, 0.6) is 11.5 Å². The van der Waals surface area contributed by atoms with Crippen LogP contribution >= 0.6 is 0 Å². The first-order chi connectivity index (χ1) is 15.2. The zero-order chi connectivity index (χ0) is 22.5. The van der Waals surface area contributed by atoms with Gasteiger partial charge in [0, 0.05) is 30.1 Å². The fourth-order valence-corrected chi connectivity index (χ4v) is 5.53. The van der Waals surface area contributed by atoms with Crippen molar-refractivity contribution >= 4 is 15.9 Å². The molecule has 5 nitrogen and oxygen atoms in total. The van der Waals surface area contributed by atoms with Crippen molar-refractivity contribution in [3.05, 3.63) is 70.8 Å². The van der Waals surface area contributed by atoms with Crippen LogP contribution in [-0.2, 0) is 15.9 Å². The highest BCUT2D eigenvalue weighted by atomic mass is 32.2. The Balaban J connectivity index is 1.35. The van der Waals surface area contributed by atoms with Gasteiger partial charge in [-0.05, 0) is 56.0 Å². The third-order valence-electron chi connectivity index (χ3n) is 6.33. The fourth-order valence-electron chi connectivity index (χ4n) is 4.46. The number of hydrogen-bond acceptors (Lipinski definition) is 4. The zero-order valence-corrected chi connectivity index (χ0v) is 18.5. The second-order valence-corrected chi connectivity index (χ2v) is 10.4. The molecule has 1 saturated heterocycles. The van der Waals surface area contributed by atoms with Crippen molar-refractivity contribution in [1.29, 1.82) is 0 Å². The second-order valence-electron chi connectivity index (χ2n) is 8.63. The minimum atomic E-state index is -3.41. The average Bonchev–Trinajstić information content (AvgIpc) is 3.51. The molecule has 0 amide bonds. The summed E-state index contributed by atoms with van der Waals surface area (Å²) in [5.41, 5.74) is 1.83. The molecule has 0 spiro atoms. The number of amidine groups is 1. The van der Waals surface area contributed by atoms with Crippen LogP contribution in [0.4, 0.5) is 8.78 Å². The number of rotatable bonds is 5. The predicted octanol–water partition coefficient (Wildman–Crippen LogP) is 5.21. The summed E-state index contributed by atoms with van der Waals surface area (Å²) in [6, 6.07) is 13.4. The van der Waals surface area contributed by atoms with Crippen molar-refractivity contribution in [2.24, 2.45) is 4.40 Å². The SMILES string of the molecule is CC1=C(C(F)(F)c2cccc(Oc3ccc(C4CCCN5CCS(=O)(=O)N=C45)cc3)c2)C1. The maximum absolute atomic E-state index is 14.6. The molecule has 0 bridgehead atoms. The average molecular weight is 459 g/mol. The lowest BCUT2D eigenvalue weighted by Crippen LogP contribution is -2.46. The van der Waals surface area contributed by atoms with Crippen molar-refractivity contribution in [3.63, 3.8) is 0 Å². The minimum Gasteiger partial charge on any atom is -0.457 e. The Morgan fingerprint density at radius 2 is 1.84 bits per heavy atom. The van der Waals surface area contributed by atoms with E-state index in [0.717, 1.165) is 30.5 Å². The van der Waals surface area contributed by atoms with Gasteiger partial charge in [-0.15, -0.1) is 4.40 Å². The van der Waals surface area contributed by atoms with Gasteiger partial charge in [0.2, 0.25) is 0 Å². The molecule has 2 aromatic rings. The van der Waals surface area contributed by atoms with Gasteiger partial charge in [0.25, 0.3) is 15.9 Å². The molecule has 5 rings (SSSR count). The van der Waals surface area contributed by atoms with Crippen LogP contribution in [0, 0.1) is 0 Å². The van der Waals surface area contributed by atoms with E-state index in [9.17, 15) is 17.2 Å². The Labute approximate surface area is 186 Å². The molecule has 8 heteroatoms. The summed E-state index contributed by atoms with van der Waals surface area (Å²) in [4.78, 5) is 2.06. The highest BCUT2D eigenvalue weighted by Gasteiger charge is 2.43. The van der Waals surface area contributed by atoms with Crippen LogP contribution in [0.3, 0.4) is 0 Å². The van der Waals surface area contributed by atoms with Crippen LogP contribution in [0.2, 0.25) is 0 Å². The first-order valence-electron chi connectivity index (χ1n) is 10.8. The number of alkyl halides is 2. The van der Waals surface area contributed by atoms with Crippen molar-refractivity contribution in [1.82, 2.24) is 4.90 Å². The summed E-state index contributed by atoms with van der Waals surface area (Å²) < 4.78 is 63.1. The number of sulfonamides is 1. The maximum atomic E-state index is 14.6. The van der Waals surface area contributed by atoms with Gasteiger partial charge in [0.15, 0.2) is 0 Å². The second kappa shape index (κ2) is 7.69. The van der Waals surface area contributed by atoms with Crippen molar-refractivity contribution in [2.75, 3.05) is 18.8 Å². The van der Waals surface area contributed by atoms with Crippen LogP contribution in [-0.4, -0.2) is 38.0 Å². The molecule has 2 heterocycles. The minimum absolute atomic E-state index is 0.0605. The molecule has 3 aliphatic rings. The first kappa shape index (κ1) is 21.1. The summed E-state index contributed by atoms with van der Waals surface area (Å²) in [6.45, 7) is 3.03. The van der Waals surface area contributed by atoms with Gasteiger partial charge in [-0.25, -0.2) is 8.42 Å². The van der Waals surface area contributed by atoms with E-state index >= 15 is 0 Å². The molecule has 2 aliphatic heterocycles. The summed E-state index contributed by atoms with van der Waals surface area (Å²) in [5.74, 6) is -1.49. The highest BCUT2D eigenvalue weighted by Crippen LogP contribution is 2.49. The van der Waals surface area contributed by atoms with E-state index in [-0.39, 0.29) is 22.8 Å². The largest absolute Gasteiger partial charge is 0.457 e. The Bertz CT molecular complexity index is 1220. The summed E-state index contributed by atoms with van der Waals surface area (Å²) >= 11 is 0. The number of ether oxygens (including phenoxy) is 1. The third-order valence-corrected chi connectivity index (χ3v) is 7.50. The van der Waals surface area contributed by atoms with Crippen molar-refractivity contribution in [3.8, 4) is 11.5 Å². The standard InChI is InChI=1S/C24H24F2N2O3S/c1-16-14-22(16)24(25,26)18-4-2-5-20(15-18)31-19-9-7-17(8-10-19)21-6-3-11-28-12-13-32(29,30)27-23(21)28/h2,4-5,7-10,15,21H,3,6,11-14H2,1H3. The number of hydrogen-bond donors (Lipinski definition) is 0. The number of fused-ring (bicyclic) bond motifs is 1. The van der Waals surface area contributed by atoms with Crippen molar-refractivity contribution < 1.29 is 21.9 Å². The van der Waals surface area contributed by atoms with Gasteiger partial charge >= 0.3 is 0 Å². The van der Waals surface area contributed by atoms with E-state index < -0.39 is 15.9 Å². The van der Waals surface area contributed by atoms with Gasteiger partial charge in [0.1, 0.15) is 17.3 Å². The molecule has 0 aromatic heterocycles. The molecule has 1 aliphatic carbocycles. The van der Waals surface area contributed by atoms with Crippen LogP contribution in [0.15, 0.2) is 64.1 Å². The van der Waals surface area contributed by atoms with E-state index in [4.69, 9.17) is 4.74 Å². The number of piperidine rings is 1. The number of benzene rings is 2. The molecule has 32 heavy (non-hydrogen) atoms. The predicted molar refractivity (Wildman–Crippen MR) is 119 cm³/mol. The smallest absolute Gasteiger partial charge is 0.295 e. The molecule has 2 aromatic carbocycles. The van der Waals surface area contributed by atoms with Crippen LogP contribution < -0.4 is 4.74 Å². The van der Waals surface area contributed by atoms with Crippen LogP contribution in [0.25, 0.3) is 0 Å². The van der Waals surface area contributed by atoms with Gasteiger partial charge in [-0.3, -0.25) is 0 Å². The van der Waals surface area contributed by atoms with Crippen molar-refractivity contribution in [2.45, 2.75) is 38.0 Å². The molecule has 168 valence electrons. The highest BCUT2D eigenvalue weighted by molar-refractivity contribution is 7.90. The fraction of sp³-hybridized carbons (Fsp3) is 0.375. The zero-order valence-electron chi connectivity index (χ0n) is 17.7. The molecule has 1 unspecified atom stereocenters. The van der Waals surface area contributed by atoms with Gasteiger partial charge in [-0.1, -0.05) is 29.8 Å². The molecular formula is C24H24F2N2O3S. The van der Waals surface area contributed by atoms with E-state index in [1.807, 2.05) is 12.1 Å².